The van der Waals surface area contributed by atoms with Crippen molar-refractivity contribution in [2.24, 2.45) is 5.73 Å². The minimum atomic E-state index is -3.11. The number of rotatable bonds is 8. The van der Waals surface area contributed by atoms with Crippen LogP contribution in [0.3, 0.4) is 0 Å². The molecule has 0 spiro atoms. The summed E-state index contributed by atoms with van der Waals surface area (Å²) in [5, 5.41) is 7.68. The van der Waals surface area contributed by atoms with E-state index in [1.165, 1.54) is 40.4 Å². The van der Waals surface area contributed by atoms with Crippen molar-refractivity contribution < 1.29 is 23.1 Å². The molecule has 4 aromatic rings. The predicted molar refractivity (Wildman–Crippen MR) is 129 cm³/mol. The van der Waals surface area contributed by atoms with Gasteiger partial charge in [0.2, 0.25) is 5.91 Å². The van der Waals surface area contributed by atoms with Gasteiger partial charge in [0.15, 0.2) is 5.82 Å². The van der Waals surface area contributed by atoms with Crippen LogP contribution in [-0.4, -0.2) is 61.5 Å². The Labute approximate surface area is 207 Å². The second-order valence-electron chi connectivity index (χ2n) is 7.57. The summed E-state index contributed by atoms with van der Waals surface area (Å²) in [5.41, 5.74) is 6.04. The third kappa shape index (κ3) is 5.27. The van der Waals surface area contributed by atoms with Gasteiger partial charge in [-0.1, -0.05) is 0 Å². The predicted octanol–water partition coefficient (Wildman–Crippen LogP) is 2.58. The highest BCUT2D eigenvalue weighted by Crippen LogP contribution is 2.39. The minimum Gasteiger partial charge on any atom is -0.434 e. The smallest absolute Gasteiger partial charge is 0.387 e. The Morgan fingerprint density at radius 1 is 1.28 bits per heavy atom. The molecule has 1 aromatic carbocycles. The molecule has 36 heavy (non-hydrogen) atoms. The number of aromatic nitrogens is 5. The summed E-state index contributed by atoms with van der Waals surface area (Å²) in [4.78, 5) is 34.8. The molecule has 0 unspecified atom stereocenters. The zero-order chi connectivity index (χ0) is 25.8. The van der Waals surface area contributed by atoms with Gasteiger partial charge in [-0.25, -0.2) is 9.97 Å². The van der Waals surface area contributed by atoms with Crippen molar-refractivity contribution in [3.8, 4) is 17.0 Å². The van der Waals surface area contributed by atoms with Crippen LogP contribution in [0.5, 0.6) is 5.75 Å². The van der Waals surface area contributed by atoms with Gasteiger partial charge in [-0.15, -0.1) is 0 Å². The maximum absolute atomic E-state index is 13.2. The topological polar surface area (TPSA) is 141 Å². The Hall–Kier alpha value is -4.46. The van der Waals surface area contributed by atoms with Gasteiger partial charge >= 0.3 is 6.61 Å². The lowest BCUT2D eigenvalue weighted by atomic mass is 10.1. The van der Waals surface area contributed by atoms with Gasteiger partial charge in [0.25, 0.3) is 5.91 Å². The van der Waals surface area contributed by atoms with Crippen LogP contribution in [0.25, 0.3) is 26.9 Å². The highest BCUT2D eigenvalue weighted by Gasteiger charge is 2.23. The van der Waals surface area contributed by atoms with Crippen molar-refractivity contribution in [1.82, 2.24) is 29.0 Å². The van der Waals surface area contributed by atoms with Gasteiger partial charge < -0.3 is 20.7 Å². The fraction of sp³-hybridized carbons (Fsp3) is 0.182. The number of alkyl halides is 2. The molecule has 3 N–H and O–H groups in total. The molecule has 3 aromatic heterocycles. The summed E-state index contributed by atoms with van der Waals surface area (Å²) >= 11 is 1.15. The highest BCUT2D eigenvalue weighted by atomic mass is 32.1. The van der Waals surface area contributed by atoms with E-state index in [1.54, 1.807) is 26.2 Å². The molecule has 2 amide bonds. The van der Waals surface area contributed by atoms with E-state index >= 15 is 0 Å². The number of halogens is 2. The summed E-state index contributed by atoms with van der Waals surface area (Å²) in [6.45, 7) is -3.27. The monoisotopic (exact) mass is 514 g/mol. The van der Waals surface area contributed by atoms with Gasteiger partial charge in [0.05, 0.1) is 16.0 Å². The Kier molecular flexibility index (Phi) is 7.15. The quantitative estimate of drug-likeness (QED) is 0.342. The number of ether oxygens (including phenoxy) is 1. The summed E-state index contributed by atoms with van der Waals surface area (Å²) in [6, 6.07) is 4.58. The molecule has 0 aliphatic rings. The van der Waals surface area contributed by atoms with Gasteiger partial charge in [-0.3, -0.25) is 14.3 Å². The summed E-state index contributed by atoms with van der Waals surface area (Å²) in [5.74, 6) is -1.02. The van der Waals surface area contributed by atoms with Crippen LogP contribution in [-0.2, 0) is 16.1 Å². The molecule has 11 nitrogen and oxygen atoms in total. The van der Waals surface area contributed by atoms with Crippen LogP contribution in [0.4, 0.5) is 14.5 Å². The lowest BCUT2D eigenvalue weighted by Gasteiger charge is -2.12. The average molecular weight is 515 g/mol. The van der Waals surface area contributed by atoms with E-state index in [9.17, 15) is 18.4 Å². The fourth-order valence-electron chi connectivity index (χ4n) is 3.23. The summed E-state index contributed by atoms with van der Waals surface area (Å²) < 4.78 is 37.3. The first-order chi connectivity index (χ1) is 17.3. The number of benzene rings is 1. The largest absolute Gasteiger partial charge is 0.434 e. The zero-order valence-corrected chi connectivity index (χ0v) is 19.9. The number of amides is 2. The van der Waals surface area contributed by atoms with Crippen molar-refractivity contribution in [3.05, 3.63) is 55.0 Å². The number of hydrogen-bond acceptors (Lipinski definition) is 9. The number of nitrogens with one attached hydrogen (secondary N) is 1. The molecular formula is C22H20F2N8O3S. The highest BCUT2D eigenvalue weighted by molar-refractivity contribution is 7.13. The Morgan fingerprint density at radius 3 is 2.69 bits per heavy atom. The van der Waals surface area contributed by atoms with E-state index in [1.807, 2.05) is 0 Å². The first-order valence-corrected chi connectivity index (χ1v) is 11.2. The van der Waals surface area contributed by atoms with Crippen molar-refractivity contribution in [2.75, 3.05) is 19.4 Å². The van der Waals surface area contributed by atoms with Gasteiger partial charge in [-0.05, 0) is 29.7 Å². The minimum absolute atomic E-state index is 0.0272. The maximum atomic E-state index is 13.2. The SMILES string of the molecule is CN(C)C(=O)Cn1cc(NC(=O)C(=CN)c2ncccn2)c(-c2cc3sncc3cc2OC(F)F)n1. The van der Waals surface area contributed by atoms with Crippen LogP contribution in [0.1, 0.15) is 5.82 Å². The lowest BCUT2D eigenvalue weighted by Crippen LogP contribution is -2.26. The number of nitrogens with zero attached hydrogens (tertiary/aromatic N) is 6. The molecule has 0 saturated carbocycles. The van der Waals surface area contributed by atoms with Crippen LogP contribution < -0.4 is 15.8 Å². The normalized spacial score (nSPS) is 11.6. The molecule has 0 saturated heterocycles. The molecule has 3 heterocycles. The number of hydrogen-bond donors (Lipinski definition) is 2. The van der Waals surface area contributed by atoms with Crippen molar-refractivity contribution in [1.29, 1.82) is 0 Å². The first-order valence-electron chi connectivity index (χ1n) is 10.4. The Bertz CT molecular complexity index is 1440. The van der Waals surface area contributed by atoms with Crippen molar-refractivity contribution in [3.63, 3.8) is 0 Å². The Balaban J connectivity index is 1.80. The Morgan fingerprint density at radius 2 is 2.03 bits per heavy atom. The van der Waals surface area contributed by atoms with E-state index in [0.29, 0.717) is 10.1 Å². The molecule has 186 valence electrons. The summed E-state index contributed by atoms with van der Waals surface area (Å²) in [7, 11) is 3.17. The molecular weight excluding hydrogens is 494 g/mol. The number of carbonyl (C=O) groups is 2. The summed E-state index contributed by atoms with van der Waals surface area (Å²) in [6.07, 6.45) is 6.90. The average Bonchev–Trinajstić information content (AvgIpc) is 3.45. The van der Waals surface area contributed by atoms with E-state index in [0.717, 1.165) is 17.7 Å². The van der Waals surface area contributed by atoms with Crippen LogP contribution in [0.15, 0.2) is 49.2 Å². The molecule has 14 heteroatoms. The number of likely N-dealkylation sites (N-methyl/N-ethyl adjacent to an activating group) is 1. The van der Waals surface area contributed by atoms with Crippen LogP contribution in [0.2, 0.25) is 0 Å². The molecule has 4 rings (SSSR count). The standard InChI is InChI=1S/C22H20F2N8O3S/c1-31(2)18(33)11-32-10-15(29-21(34)14(8-25)20-26-4-3-5-27-20)19(30-32)13-7-17-12(9-28-36-17)6-16(13)35-22(23)24/h3-10,22H,11,25H2,1-2H3,(H,29,34). The fourth-order valence-corrected chi connectivity index (χ4v) is 3.89. The number of fused-ring (bicyclic) bond motifs is 1. The van der Waals surface area contributed by atoms with Gasteiger partial charge in [0, 0.05) is 56.0 Å². The first kappa shape index (κ1) is 24.7. The van der Waals surface area contributed by atoms with E-state index in [2.05, 4.69) is 24.8 Å². The maximum Gasteiger partial charge on any atom is 0.387 e. The van der Waals surface area contributed by atoms with Gasteiger partial charge in [-0.2, -0.15) is 18.3 Å². The van der Waals surface area contributed by atoms with E-state index < -0.39 is 12.5 Å². The van der Waals surface area contributed by atoms with E-state index in [4.69, 9.17) is 10.5 Å². The van der Waals surface area contributed by atoms with E-state index in [-0.39, 0.29) is 46.5 Å². The molecule has 0 aliphatic heterocycles. The molecule has 0 bridgehead atoms. The molecule has 0 radical (unpaired) electrons. The molecule has 0 fully saturated rings. The van der Waals surface area contributed by atoms with Crippen LogP contribution in [0, 0.1) is 0 Å². The lowest BCUT2D eigenvalue weighted by molar-refractivity contribution is -0.129. The third-order valence-electron chi connectivity index (χ3n) is 4.95. The second kappa shape index (κ2) is 10.4. The number of anilines is 1. The number of nitrogens with two attached hydrogens (primary N) is 1. The van der Waals surface area contributed by atoms with Crippen LogP contribution >= 0.6 is 11.5 Å². The van der Waals surface area contributed by atoms with Crippen molar-refractivity contribution in [2.45, 2.75) is 13.2 Å². The molecule has 0 atom stereocenters. The third-order valence-corrected chi connectivity index (χ3v) is 5.71. The molecule has 0 aliphatic carbocycles. The van der Waals surface area contributed by atoms with Crippen molar-refractivity contribution >= 4 is 44.7 Å². The zero-order valence-electron chi connectivity index (χ0n) is 19.1. The second-order valence-corrected chi connectivity index (χ2v) is 8.41. The number of carbonyl (C=O) groups excluding carboxylic acids is 2. The van der Waals surface area contributed by atoms with Gasteiger partial charge in [0.1, 0.15) is 18.0 Å².